The normalized spacial score (nSPS) is 12.1. The number of nitrogens with zero attached hydrogens (tertiary/aromatic N) is 2. The molecular weight excluding hydrogens is 581 g/mol. The Labute approximate surface area is 253 Å². The van der Waals surface area contributed by atoms with E-state index in [2.05, 4.69) is 5.32 Å². The molecule has 220 valence electrons. The summed E-state index contributed by atoms with van der Waals surface area (Å²) in [4.78, 5) is 28.6. The summed E-state index contributed by atoms with van der Waals surface area (Å²) in [5, 5.41) is 3.56. The van der Waals surface area contributed by atoms with Crippen LogP contribution >= 0.6 is 23.2 Å². The molecule has 0 aliphatic carbocycles. The summed E-state index contributed by atoms with van der Waals surface area (Å²) >= 11 is 12.3. The van der Waals surface area contributed by atoms with Crippen molar-refractivity contribution in [2.45, 2.75) is 64.9 Å². The molecule has 0 unspecified atom stereocenters. The van der Waals surface area contributed by atoms with Gasteiger partial charge in [0.15, 0.2) is 0 Å². The van der Waals surface area contributed by atoms with Crippen LogP contribution in [0.15, 0.2) is 65.6 Å². The number of hydrogen-bond donors (Lipinski definition) is 1. The van der Waals surface area contributed by atoms with Gasteiger partial charge in [-0.15, -0.1) is 0 Å². The van der Waals surface area contributed by atoms with Gasteiger partial charge in [-0.05, 0) is 81.1 Å². The van der Waals surface area contributed by atoms with Gasteiger partial charge in [-0.1, -0.05) is 72.4 Å². The number of aryl methyl sites for hydroxylation is 2. The average molecular weight is 619 g/mol. The van der Waals surface area contributed by atoms with Crippen molar-refractivity contribution in [2.24, 2.45) is 0 Å². The third-order valence-corrected chi connectivity index (χ3v) is 9.58. The van der Waals surface area contributed by atoms with E-state index in [1.54, 1.807) is 49.4 Å². The van der Waals surface area contributed by atoms with Crippen molar-refractivity contribution in [2.75, 3.05) is 17.4 Å². The molecule has 3 aromatic carbocycles. The van der Waals surface area contributed by atoms with Gasteiger partial charge in [-0.3, -0.25) is 13.9 Å². The Balaban J connectivity index is 2.06. The lowest BCUT2D eigenvalue weighted by molar-refractivity contribution is -0.139. The van der Waals surface area contributed by atoms with Crippen LogP contribution in [0.4, 0.5) is 5.69 Å². The van der Waals surface area contributed by atoms with Gasteiger partial charge in [0, 0.05) is 13.1 Å². The zero-order chi connectivity index (χ0) is 30.3. The average Bonchev–Trinajstić information content (AvgIpc) is 2.93. The molecule has 10 heteroatoms. The van der Waals surface area contributed by atoms with E-state index in [0.29, 0.717) is 27.8 Å². The van der Waals surface area contributed by atoms with Crippen LogP contribution in [-0.2, 0) is 26.2 Å². The van der Waals surface area contributed by atoms with E-state index in [9.17, 15) is 18.0 Å². The highest BCUT2D eigenvalue weighted by Crippen LogP contribution is 2.30. The number of nitrogens with one attached hydrogen (secondary N) is 1. The van der Waals surface area contributed by atoms with E-state index < -0.39 is 28.5 Å². The monoisotopic (exact) mass is 617 g/mol. The number of rotatable bonds is 12. The van der Waals surface area contributed by atoms with Crippen LogP contribution in [0.2, 0.25) is 10.0 Å². The van der Waals surface area contributed by atoms with Crippen molar-refractivity contribution < 1.29 is 18.0 Å². The van der Waals surface area contributed by atoms with Crippen molar-refractivity contribution in [1.29, 1.82) is 0 Å². The first-order valence-corrected chi connectivity index (χ1v) is 15.7. The predicted molar refractivity (Wildman–Crippen MR) is 166 cm³/mol. The number of sulfonamides is 1. The topological polar surface area (TPSA) is 86.8 Å². The molecule has 0 heterocycles. The summed E-state index contributed by atoms with van der Waals surface area (Å²) in [5.41, 5.74) is 3.58. The minimum absolute atomic E-state index is 0.0311. The van der Waals surface area contributed by atoms with Gasteiger partial charge in [0.05, 0.1) is 20.6 Å². The number of anilines is 1. The molecule has 0 saturated heterocycles. The summed E-state index contributed by atoms with van der Waals surface area (Å²) in [6.07, 6.45) is 1.71. The molecule has 0 fully saturated rings. The van der Waals surface area contributed by atoms with Gasteiger partial charge in [-0.25, -0.2) is 8.42 Å². The van der Waals surface area contributed by atoms with Gasteiger partial charge in [0.25, 0.3) is 10.0 Å². The Morgan fingerprint density at radius 3 is 2.27 bits per heavy atom. The molecule has 0 aromatic heterocycles. The molecule has 41 heavy (non-hydrogen) atoms. The van der Waals surface area contributed by atoms with Crippen LogP contribution in [0.5, 0.6) is 0 Å². The third-order valence-electron chi connectivity index (χ3n) is 7.07. The first-order chi connectivity index (χ1) is 19.4. The molecule has 3 aromatic rings. The zero-order valence-electron chi connectivity index (χ0n) is 24.1. The lowest BCUT2D eigenvalue weighted by Gasteiger charge is -2.32. The van der Waals surface area contributed by atoms with E-state index in [4.69, 9.17) is 23.2 Å². The minimum Gasteiger partial charge on any atom is -0.354 e. The summed E-state index contributed by atoms with van der Waals surface area (Å²) in [7, 11) is -4.14. The van der Waals surface area contributed by atoms with Crippen molar-refractivity contribution in [3.05, 3.63) is 93.0 Å². The Hall–Kier alpha value is -3.07. The van der Waals surface area contributed by atoms with Gasteiger partial charge < -0.3 is 10.2 Å². The molecular formula is C31H37Cl2N3O4S. The fourth-order valence-corrected chi connectivity index (χ4v) is 6.10. The SMILES string of the molecule is CCCCNC(=O)[C@@H](C)N(Cc1ccc(Cl)c(Cl)c1)C(=O)CN(c1cccc(C)c1C)S(=O)(=O)c1ccc(C)cc1. The van der Waals surface area contributed by atoms with E-state index in [1.165, 1.54) is 17.0 Å². The van der Waals surface area contributed by atoms with Crippen LogP contribution in [0.3, 0.4) is 0 Å². The minimum atomic E-state index is -4.14. The number of hydrogen-bond acceptors (Lipinski definition) is 4. The first kappa shape index (κ1) is 32.4. The number of halogens is 2. The highest BCUT2D eigenvalue weighted by Gasteiger charge is 2.33. The van der Waals surface area contributed by atoms with E-state index >= 15 is 0 Å². The fraction of sp³-hybridized carbons (Fsp3) is 0.355. The molecule has 1 atom stereocenters. The molecule has 3 rings (SSSR count). The first-order valence-electron chi connectivity index (χ1n) is 13.5. The summed E-state index contributed by atoms with van der Waals surface area (Å²) in [5.74, 6) is -0.864. The second-order valence-corrected chi connectivity index (χ2v) is 12.8. The Kier molecular flexibility index (Phi) is 11.2. The maximum absolute atomic E-state index is 14.1. The number of carbonyl (C=O) groups excluding carboxylic acids is 2. The van der Waals surface area contributed by atoms with E-state index in [0.717, 1.165) is 33.8 Å². The highest BCUT2D eigenvalue weighted by molar-refractivity contribution is 7.92. The fourth-order valence-electron chi connectivity index (χ4n) is 4.31. The van der Waals surface area contributed by atoms with Crippen molar-refractivity contribution >= 4 is 50.7 Å². The van der Waals surface area contributed by atoms with Crippen LogP contribution in [0.25, 0.3) is 0 Å². The van der Waals surface area contributed by atoms with Gasteiger partial charge in [0.1, 0.15) is 12.6 Å². The van der Waals surface area contributed by atoms with Crippen LogP contribution in [0, 0.1) is 20.8 Å². The molecule has 0 aliphatic rings. The van der Waals surface area contributed by atoms with E-state index in [-0.39, 0.29) is 17.3 Å². The Bertz CT molecular complexity index is 1490. The smallest absolute Gasteiger partial charge is 0.264 e. The molecule has 7 nitrogen and oxygen atoms in total. The number of carbonyl (C=O) groups is 2. The van der Waals surface area contributed by atoms with Gasteiger partial charge in [-0.2, -0.15) is 0 Å². The number of unbranched alkanes of at least 4 members (excludes halogenated alkanes) is 1. The predicted octanol–water partition coefficient (Wildman–Crippen LogP) is 6.45. The maximum Gasteiger partial charge on any atom is 0.264 e. The van der Waals surface area contributed by atoms with E-state index in [1.807, 2.05) is 33.8 Å². The standard InChI is InChI=1S/C31H37Cl2N3O4S/c1-6-7-17-34-31(38)24(5)35(19-25-13-16-27(32)28(33)18-25)30(37)20-36(29-10-8-9-22(3)23(29)4)41(39,40)26-14-11-21(2)12-15-26/h8-16,18,24H,6-7,17,19-20H2,1-5H3,(H,34,38)/t24-/m1/s1. The van der Waals surface area contributed by atoms with Crippen LogP contribution < -0.4 is 9.62 Å². The second-order valence-electron chi connectivity index (χ2n) is 10.1. The molecule has 0 saturated carbocycles. The number of amides is 2. The second kappa shape index (κ2) is 14.2. The van der Waals surface area contributed by atoms with Gasteiger partial charge >= 0.3 is 0 Å². The lowest BCUT2D eigenvalue weighted by Crippen LogP contribution is -2.51. The van der Waals surface area contributed by atoms with Crippen molar-refractivity contribution in [3.8, 4) is 0 Å². The van der Waals surface area contributed by atoms with Crippen LogP contribution in [0.1, 0.15) is 48.9 Å². The number of benzene rings is 3. The highest BCUT2D eigenvalue weighted by atomic mass is 35.5. The maximum atomic E-state index is 14.1. The largest absolute Gasteiger partial charge is 0.354 e. The zero-order valence-corrected chi connectivity index (χ0v) is 26.4. The van der Waals surface area contributed by atoms with Gasteiger partial charge in [0.2, 0.25) is 11.8 Å². The Morgan fingerprint density at radius 2 is 1.63 bits per heavy atom. The Morgan fingerprint density at radius 1 is 0.951 bits per heavy atom. The summed E-state index contributed by atoms with van der Waals surface area (Å²) < 4.78 is 29.2. The lowest BCUT2D eigenvalue weighted by atomic mass is 10.1. The molecule has 0 bridgehead atoms. The summed E-state index contributed by atoms with van der Waals surface area (Å²) in [6, 6.07) is 15.9. The quantitative estimate of drug-likeness (QED) is 0.237. The molecule has 0 spiro atoms. The molecule has 2 amide bonds. The molecule has 0 aliphatic heterocycles. The van der Waals surface area contributed by atoms with Crippen molar-refractivity contribution in [1.82, 2.24) is 10.2 Å². The molecule has 1 N–H and O–H groups in total. The van der Waals surface area contributed by atoms with Crippen molar-refractivity contribution in [3.63, 3.8) is 0 Å². The molecule has 0 radical (unpaired) electrons. The van der Waals surface area contributed by atoms with Crippen LogP contribution in [-0.4, -0.2) is 44.3 Å². The third kappa shape index (κ3) is 8.03. The summed E-state index contributed by atoms with van der Waals surface area (Å²) in [6.45, 7) is 9.24.